The molecular weight excluding hydrogens is 150 g/mol. The zero-order chi connectivity index (χ0) is 8.43. The molecule has 1 aliphatic rings. The molecule has 0 aromatic rings. The molecule has 0 saturated carbocycles. The third-order valence-electron chi connectivity index (χ3n) is 1.72. The third-order valence-corrected chi connectivity index (χ3v) is 1.72. The normalized spacial score (nSPS) is 44.7. The lowest BCUT2D eigenvalue weighted by molar-refractivity contribution is -0.200. The first kappa shape index (κ1) is 8.89. The molecule has 0 aromatic heterocycles. The molecule has 0 bridgehead atoms. The van der Waals surface area contributed by atoms with Crippen molar-refractivity contribution in [1.29, 1.82) is 0 Å². The monoisotopic (exact) mass is 163 g/mol. The number of aliphatic hydroxyl groups is 1. The van der Waals surface area contributed by atoms with Gasteiger partial charge < -0.3 is 25.1 Å². The summed E-state index contributed by atoms with van der Waals surface area (Å²) in [7, 11) is 2.91. The Hall–Kier alpha value is -0.200. The molecule has 0 amide bonds. The Kier molecular flexibility index (Phi) is 2.80. The topological polar surface area (TPSA) is 73.9 Å². The largest absolute Gasteiger partial charge is 0.386 e. The van der Waals surface area contributed by atoms with Gasteiger partial charge >= 0.3 is 0 Å². The second-order valence-electron chi connectivity index (χ2n) is 2.41. The molecular formula is C6H13NO4. The quantitative estimate of drug-likeness (QED) is 0.526. The van der Waals surface area contributed by atoms with E-state index >= 15 is 0 Å². The summed E-state index contributed by atoms with van der Waals surface area (Å²) in [5, 5.41) is 9.30. The number of nitrogens with two attached hydrogens (primary N) is 1. The van der Waals surface area contributed by atoms with Crippen molar-refractivity contribution < 1.29 is 19.3 Å². The third kappa shape index (κ3) is 1.52. The first-order valence-corrected chi connectivity index (χ1v) is 3.35. The SMILES string of the molecule is CO[C@@H]1O[C@H](OC)[C@H](O)[C@H]1N. The number of methoxy groups -OCH3 is 2. The minimum absolute atomic E-state index is 0.537. The van der Waals surface area contributed by atoms with Gasteiger partial charge in [0.05, 0.1) is 6.04 Å². The Bertz CT molecular complexity index is 114. The first-order valence-electron chi connectivity index (χ1n) is 3.35. The van der Waals surface area contributed by atoms with Crippen LogP contribution in [0.1, 0.15) is 0 Å². The highest BCUT2D eigenvalue weighted by Gasteiger charge is 2.41. The highest BCUT2D eigenvalue weighted by molar-refractivity contribution is 4.84. The summed E-state index contributed by atoms with van der Waals surface area (Å²) in [5.41, 5.74) is 5.52. The predicted molar refractivity (Wildman–Crippen MR) is 36.7 cm³/mol. The van der Waals surface area contributed by atoms with Gasteiger partial charge in [0.1, 0.15) is 6.10 Å². The molecule has 4 atom stereocenters. The molecule has 0 aliphatic carbocycles. The van der Waals surface area contributed by atoms with E-state index in [1.807, 2.05) is 0 Å². The summed E-state index contributed by atoms with van der Waals surface area (Å²) in [4.78, 5) is 0. The molecule has 1 heterocycles. The molecule has 1 fully saturated rings. The lowest BCUT2D eigenvalue weighted by atomic mass is 10.2. The maximum absolute atomic E-state index is 9.30. The van der Waals surface area contributed by atoms with Crippen LogP contribution in [0.15, 0.2) is 0 Å². The van der Waals surface area contributed by atoms with Gasteiger partial charge in [-0.05, 0) is 0 Å². The van der Waals surface area contributed by atoms with Gasteiger partial charge in [-0.25, -0.2) is 0 Å². The fraction of sp³-hybridized carbons (Fsp3) is 1.00. The molecule has 1 aliphatic heterocycles. The minimum Gasteiger partial charge on any atom is -0.386 e. The van der Waals surface area contributed by atoms with Crippen LogP contribution in [0.2, 0.25) is 0 Å². The van der Waals surface area contributed by atoms with E-state index in [9.17, 15) is 5.11 Å². The van der Waals surface area contributed by atoms with Gasteiger partial charge in [-0.15, -0.1) is 0 Å². The van der Waals surface area contributed by atoms with Gasteiger partial charge in [-0.3, -0.25) is 0 Å². The molecule has 66 valence electrons. The fourth-order valence-corrected chi connectivity index (χ4v) is 1.05. The highest BCUT2D eigenvalue weighted by atomic mass is 16.8. The average molecular weight is 163 g/mol. The molecule has 0 spiro atoms. The molecule has 1 saturated heterocycles. The van der Waals surface area contributed by atoms with Crippen LogP contribution in [0.3, 0.4) is 0 Å². The van der Waals surface area contributed by atoms with Gasteiger partial charge in [-0.1, -0.05) is 0 Å². The van der Waals surface area contributed by atoms with Crippen molar-refractivity contribution in [3.05, 3.63) is 0 Å². The van der Waals surface area contributed by atoms with Crippen molar-refractivity contribution in [3.8, 4) is 0 Å². The van der Waals surface area contributed by atoms with Gasteiger partial charge in [0, 0.05) is 14.2 Å². The van der Waals surface area contributed by atoms with E-state index in [2.05, 4.69) is 0 Å². The summed E-state index contributed by atoms with van der Waals surface area (Å²) in [6.45, 7) is 0. The summed E-state index contributed by atoms with van der Waals surface area (Å²) >= 11 is 0. The Labute approximate surface area is 65.0 Å². The Balaban J connectivity index is 2.53. The molecule has 0 unspecified atom stereocenters. The van der Waals surface area contributed by atoms with Crippen LogP contribution in [0.25, 0.3) is 0 Å². The molecule has 5 nitrogen and oxygen atoms in total. The smallest absolute Gasteiger partial charge is 0.187 e. The van der Waals surface area contributed by atoms with Crippen LogP contribution in [0.4, 0.5) is 0 Å². The average Bonchev–Trinajstić information content (AvgIpc) is 2.30. The minimum atomic E-state index is -0.815. The second-order valence-corrected chi connectivity index (χ2v) is 2.41. The summed E-state index contributed by atoms with van der Waals surface area (Å²) in [6.07, 6.45) is -2.06. The van der Waals surface area contributed by atoms with Crippen molar-refractivity contribution in [3.63, 3.8) is 0 Å². The Morgan fingerprint density at radius 3 is 2.09 bits per heavy atom. The van der Waals surface area contributed by atoms with Crippen molar-refractivity contribution in [2.24, 2.45) is 5.73 Å². The lowest BCUT2D eigenvalue weighted by Gasteiger charge is -2.12. The fourth-order valence-electron chi connectivity index (χ4n) is 1.05. The van der Waals surface area contributed by atoms with E-state index in [0.29, 0.717) is 0 Å². The molecule has 3 N–H and O–H groups in total. The number of rotatable bonds is 2. The number of hydrogen-bond donors (Lipinski definition) is 2. The molecule has 1 rings (SSSR count). The standard InChI is InChI=1S/C6H13NO4/c1-9-5-3(7)4(8)6(10-2)11-5/h3-6,8H,7H2,1-2H3/t3-,4-,5-,6+/m1/s1. The van der Waals surface area contributed by atoms with Crippen LogP contribution < -0.4 is 5.73 Å². The van der Waals surface area contributed by atoms with Crippen molar-refractivity contribution in [2.75, 3.05) is 14.2 Å². The zero-order valence-electron chi connectivity index (χ0n) is 6.56. The maximum atomic E-state index is 9.30. The first-order chi connectivity index (χ1) is 5.20. The van der Waals surface area contributed by atoms with E-state index in [1.165, 1.54) is 14.2 Å². The van der Waals surface area contributed by atoms with Crippen LogP contribution in [0, 0.1) is 0 Å². The van der Waals surface area contributed by atoms with Gasteiger partial charge in [0.25, 0.3) is 0 Å². The number of ether oxygens (including phenoxy) is 3. The van der Waals surface area contributed by atoms with Crippen molar-refractivity contribution in [2.45, 2.75) is 24.7 Å². The molecule has 0 aromatic carbocycles. The maximum Gasteiger partial charge on any atom is 0.187 e. The molecule has 0 radical (unpaired) electrons. The number of hydrogen-bond acceptors (Lipinski definition) is 5. The number of aliphatic hydroxyl groups excluding tert-OH is 1. The van der Waals surface area contributed by atoms with E-state index in [-0.39, 0.29) is 0 Å². The van der Waals surface area contributed by atoms with Gasteiger partial charge in [0.15, 0.2) is 12.6 Å². The molecule has 11 heavy (non-hydrogen) atoms. The summed E-state index contributed by atoms with van der Waals surface area (Å²) < 4.78 is 14.7. The Morgan fingerprint density at radius 2 is 1.82 bits per heavy atom. The Morgan fingerprint density at radius 1 is 1.27 bits per heavy atom. The van der Waals surface area contributed by atoms with Gasteiger partial charge in [0.2, 0.25) is 0 Å². The van der Waals surface area contributed by atoms with Gasteiger partial charge in [-0.2, -0.15) is 0 Å². The van der Waals surface area contributed by atoms with Crippen LogP contribution in [0.5, 0.6) is 0 Å². The van der Waals surface area contributed by atoms with E-state index in [1.54, 1.807) is 0 Å². The van der Waals surface area contributed by atoms with E-state index in [4.69, 9.17) is 19.9 Å². The lowest BCUT2D eigenvalue weighted by Crippen LogP contribution is -2.41. The zero-order valence-corrected chi connectivity index (χ0v) is 6.56. The predicted octanol–water partition coefficient (Wildman–Crippen LogP) is -1.35. The molecule has 5 heteroatoms. The van der Waals surface area contributed by atoms with E-state index < -0.39 is 24.7 Å². The van der Waals surface area contributed by atoms with Crippen LogP contribution in [-0.4, -0.2) is 44.1 Å². The summed E-state index contributed by atoms with van der Waals surface area (Å²) in [6, 6.07) is -0.537. The van der Waals surface area contributed by atoms with Crippen molar-refractivity contribution in [1.82, 2.24) is 0 Å². The van der Waals surface area contributed by atoms with Crippen LogP contribution in [-0.2, 0) is 14.2 Å². The highest BCUT2D eigenvalue weighted by Crippen LogP contribution is 2.19. The summed E-state index contributed by atoms with van der Waals surface area (Å²) in [5.74, 6) is 0. The van der Waals surface area contributed by atoms with E-state index in [0.717, 1.165) is 0 Å². The second kappa shape index (κ2) is 3.46. The van der Waals surface area contributed by atoms with Crippen LogP contribution >= 0.6 is 0 Å². The van der Waals surface area contributed by atoms with Crippen molar-refractivity contribution >= 4 is 0 Å².